The highest BCUT2D eigenvalue weighted by Crippen LogP contribution is 2.26. The molecule has 3 N–H and O–H groups in total. The number of carbonyl (C=O) groups excluding carboxylic acids is 1. The standard InChI is InChI=1S/C13H18BrN3O3S/c1-16-7-9-2-3-17(8-9)21(19,20)12-5-10(13(15)18)4-11(14)6-12/h4-6,9,16H,2-3,7-8H2,1H3,(H2,15,18). The summed E-state index contributed by atoms with van der Waals surface area (Å²) < 4.78 is 27.3. The molecule has 1 fully saturated rings. The van der Waals surface area contributed by atoms with Gasteiger partial charge >= 0.3 is 0 Å². The first-order valence-corrected chi connectivity index (χ1v) is 8.83. The molecule has 0 aromatic heterocycles. The minimum Gasteiger partial charge on any atom is -0.366 e. The van der Waals surface area contributed by atoms with E-state index in [-0.39, 0.29) is 10.5 Å². The van der Waals surface area contributed by atoms with Crippen molar-refractivity contribution < 1.29 is 13.2 Å². The Hall–Kier alpha value is -0.960. The number of hydrogen-bond donors (Lipinski definition) is 2. The van der Waals surface area contributed by atoms with E-state index in [1.807, 2.05) is 7.05 Å². The van der Waals surface area contributed by atoms with Crippen molar-refractivity contribution in [1.82, 2.24) is 9.62 Å². The van der Waals surface area contributed by atoms with E-state index < -0.39 is 15.9 Å². The first kappa shape index (κ1) is 16.4. The molecule has 1 atom stereocenters. The number of nitrogens with one attached hydrogen (secondary N) is 1. The molecular formula is C13H18BrN3O3S. The molecule has 2 rings (SSSR count). The van der Waals surface area contributed by atoms with Gasteiger partial charge in [-0.05, 0) is 44.1 Å². The number of carbonyl (C=O) groups is 1. The molecule has 6 nitrogen and oxygen atoms in total. The van der Waals surface area contributed by atoms with Crippen LogP contribution < -0.4 is 11.1 Å². The molecule has 1 amide bonds. The van der Waals surface area contributed by atoms with Crippen LogP contribution in [0, 0.1) is 5.92 Å². The zero-order valence-corrected chi connectivity index (χ0v) is 14.1. The van der Waals surface area contributed by atoms with Crippen molar-refractivity contribution in [3.8, 4) is 0 Å². The number of hydrogen-bond acceptors (Lipinski definition) is 4. The molecule has 0 spiro atoms. The van der Waals surface area contributed by atoms with Gasteiger partial charge in [-0.15, -0.1) is 0 Å². The zero-order valence-electron chi connectivity index (χ0n) is 11.7. The predicted molar refractivity (Wildman–Crippen MR) is 83.5 cm³/mol. The van der Waals surface area contributed by atoms with Crippen LogP contribution in [-0.2, 0) is 10.0 Å². The van der Waals surface area contributed by atoms with Crippen LogP contribution >= 0.6 is 15.9 Å². The highest BCUT2D eigenvalue weighted by molar-refractivity contribution is 9.10. The lowest BCUT2D eigenvalue weighted by Crippen LogP contribution is -2.30. The average Bonchev–Trinajstić information content (AvgIpc) is 2.87. The molecule has 1 saturated heterocycles. The summed E-state index contributed by atoms with van der Waals surface area (Å²) in [4.78, 5) is 11.4. The van der Waals surface area contributed by atoms with Crippen molar-refractivity contribution in [3.63, 3.8) is 0 Å². The maximum absolute atomic E-state index is 12.6. The van der Waals surface area contributed by atoms with Gasteiger partial charge in [0.15, 0.2) is 0 Å². The SMILES string of the molecule is CNCC1CCN(S(=O)(=O)c2cc(Br)cc(C(N)=O)c2)C1. The Morgan fingerprint density at radius 3 is 2.81 bits per heavy atom. The summed E-state index contributed by atoms with van der Waals surface area (Å²) in [5, 5.41) is 3.06. The molecule has 8 heteroatoms. The van der Waals surface area contributed by atoms with Crippen LogP contribution in [0.2, 0.25) is 0 Å². The Kier molecular flexibility index (Phi) is 5.03. The molecule has 0 aliphatic carbocycles. The monoisotopic (exact) mass is 375 g/mol. The van der Waals surface area contributed by atoms with E-state index in [0.29, 0.717) is 23.5 Å². The Bertz CT molecular complexity index is 648. The molecule has 0 bridgehead atoms. The molecule has 0 saturated carbocycles. The van der Waals surface area contributed by atoms with E-state index in [1.54, 1.807) is 0 Å². The summed E-state index contributed by atoms with van der Waals surface area (Å²) in [6.07, 6.45) is 0.830. The summed E-state index contributed by atoms with van der Waals surface area (Å²) in [5.41, 5.74) is 5.41. The van der Waals surface area contributed by atoms with Gasteiger partial charge in [-0.3, -0.25) is 4.79 Å². The van der Waals surface area contributed by atoms with Gasteiger partial charge in [-0.25, -0.2) is 8.42 Å². The number of primary amides is 1. The molecular weight excluding hydrogens is 358 g/mol. The highest BCUT2D eigenvalue weighted by atomic mass is 79.9. The van der Waals surface area contributed by atoms with Gasteiger partial charge in [0, 0.05) is 23.1 Å². The molecule has 0 radical (unpaired) electrons. The molecule has 1 aliphatic rings. The summed E-state index contributed by atoms with van der Waals surface area (Å²) in [5.74, 6) is -0.338. The van der Waals surface area contributed by atoms with E-state index >= 15 is 0 Å². The molecule has 1 unspecified atom stereocenters. The summed E-state index contributed by atoms with van der Waals surface area (Å²) in [6, 6.07) is 4.33. The van der Waals surface area contributed by atoms with Crippen molar-refractivity contribution in [2.24, 2.45) is 11.7 Å². The van der Waals surface area contributed by atoms with Gasteiger partial charge in [0.2, 0.25) is 15.9 Å². The van der Waals surface area contributed by atoms with E-state index in [9.17, 15) is 13.2 Å². The lowest BCUT2D eigenvalue weighted by atomic mass is 10.1. The Morgan fingerprint density at radius 1 is 1.48 bits per heavy atom. The smallest absolute Gasteiger partial charge is 0.248 e. The van der Waals surface area contributed by atoms with E-state index in [2.05, 4.69) is 21.2 Å². The first-order valence-electron chi connectivity index (χ1n) is 6.59. The topological polar surface area (TPSA) is 92.5 Å². The second kappa shape index (κ2) is 6.43. The van der Waals surface area contributed by atoms with Crippen LogP contribution in [0.4, 0.5) is 0 Å². The predicted octanol–water partition coefficient (Wildman–Crippen LogP) is 0.778. The third-order valence-corrected chi connectivity index (χ3v) is 5.84. The number of nitrogens with zero attached hydrogens (tertiary/aromatic N) is 1. The van der Waals surface area contributed by atoms with Gasteiger partial charge in [0.05, 0.1) is 4.90 Å². The third-order valence-electron chi connectivity index (χ3n) is 3.53. The number of amides is 1. The van der Waals surface area contributed by atoms with E-state index in [4.69, 9.17) is 5.73 Å². The quantitative estimate of drug-likeness (QED) is 0.794. The second-order valence-electron chi connectivity index (χ2n) is 5.12. The Labute approximate surface area is 132 Å². The van der Waals surface area contributed by atoms with Crippen molar-refractivity contribution >= 4 is 31.9 Å². The van der Waals surface area contributed by atoms with E-state index in [1.165, 1.54) is 22.5 Å². The maximum Gasteiger partial charge on any atom is 0.248 e. The van der Waals surface area contributed by atoms with Crippen molar-refractivity contribution in [1.29, 1.82) is 0 Å². The van der Waals surface area contributed by atoms with Gasteiger partial charge < -0.3 is 11.1 Å². The van der Waals surface area contributed by atoms with Gasteiger partial charge in [0.25, 0.3) is 0 Å². The summed E-state index contributed by atoms with van der Waals surface area (Å²) >= 11 is 3.22. The number of halogens is 1. The number of benzene rings is 1. The van der Waals surface area contributed by atoms with Crippen LogP contribution in [0.5, 0.6) is 0 Å². The summed E-state index contributed by atoms with van der Waals surface area (Å²) in [7, 11) is -1.75. The Balaban J connectivity index is 2.30. The zero-order chi connectivity index (χ0) is 15.6. The third kappa shape index (κ3) is 3.63. The van der Waals surface area contributed by atoms with Crippen molar-refractivity contribution in [2.45, 2.75) is 11.3 Å². The van der Waals surface area contributed by atoms with Crippen LogP contribution in [0.25, 0.3) is 0 Å². The first-order chi connectivity index (χ1) is 9.84. The highest BCUT2D eigenvalue weighted by Gasteiger charge is 2.32. The van der Waals surface area contributed by atoms with Crippen molar-refractivity contribution in [2.75, 3.05) is 26.7 Å². The fourth-order valence-electron chi connectivity index (χ4n) is 2.47. The average molecular weight is 376 g/mol. The second-order valence-corrected chi connectivity index (χ2v) is 7.97. The van der Waals surface area contributed by atoms with Crippen LogP contribution in [-0.4, -0.2) is 45.3 Å². The Morgan fingerprint density at radius 2 is 2.19 bits per heavy atom. The number of rotatable bonds is 5. The minimum absolute atomic E-state index is 0.0933. The largest absolute Gasteiger partial charge is 0.366 e. The molecule has 21 heavy (non-hydrogen) atoms. The van der Waals surface area contributed by atoms with Crippen LogP contribution in [0.15, 0.2) is 27.6 Å². The maximum atomic E-state index is 12.6. The van der Waals surface area contributed by atoms with Crippen LogP contribution in [0.3, 0.4) is 0 Å². The fraction of sp³-hybridized carbons (Fsp3) is 0.462. The molecule has 1 aromatic carbocycles. The molecule has 116 valence electrons. The molecule has 1 heterocycles. The van der Waals surface area contributed by atoms with Gasteiger partial charge in [-0.1, -0.05) is 15.9 Å². The van der Waals surface area contributed by atoms with Gasteiger partial charge in [0.1, 0.15) is 0 Å². The lowest BCUT2D eigenvalue weighted by molar-refractivity contribution is 0.1000. The van der Waals surface area contributed by atoms with Gasteiger partial charge in [-0.2, -0.15) is 4.31 Å². The molecule has 1 aliphatic heterocycles. The van der Waals surface area contributed by atoms with E-state index in [0.717, 1.165) is 13.0 Å². The normalized spacial score (nSPS) is 19.8. The number of sulfonamides is 1. The fourth-order valence-corrected chi connectivity index (χ4v) is 4.72. The molecule has 1 aromatic rings. The van der Waals surface area contributed by atoms with Crippen LogP contribution in [0.1, 0.15) is 16.8 Å². The van der Waals surface area contributed by atoms with Crippen molar-refractivity contribution in [3.05, 3.63) is 28.2 Å². The number of nitrogens with two attached hydrogens (primary N) is 1. The summed E-state index contributed by atoms with van der Waals surface area (Å²) in [6.45, 7) is 1.77. The minimum atomic E-state index is -3.60. The lowest BCUT2D eigenvalue weighted by Gasteiger charge is -2.17.